The number of hydrogen-bond acceptors (Lipinski definition) is 3. The first-order chi connectivity index (χ1) is 11.2. The standard InChI is InChI=1S/C18H21BrFN3S/c1-17(2,3)24-22-8-12-9-23(11-18(10-21)4-5-18)16-7-14(19)15(20)6-13(12)16/h6-7,9,22H,4-5,8,11H2,1-3H3. The molecule has 2 aromatic rings. The van der Waals surface area contributed by atoms with Gasteiger partial charge in [0.05, 0.1) is 16.0 Å². The van der Waals surface area contributed by atoms with Crippen molar-refractivity contribution in [2.45, 2.75) is 51.4 Å². The molecule has 0 aliphatic heterocycles. The zero-order chi connectivity index (χ0) is 17.5. The predicted octanol–water partition coefficient (Wildman–Crippen LogP) is 5.38. The van der Waals surface area contributed by atoms with Crippen molar-refractivity contribution in [3.8, 4) is 6.07 Å². The molecule has 1 saturated carbocycles. The number of hydrogen-bond donors (Lipinski definition) is 1. The second-order valence-electron chi connectivity index (χ2n) is 7.49. The topological polar surface area (TPSA) is 40.8 Å². The Hall–Kier alpha value is -1.03. The summed E-state index contributed by atoms with van der Waals surface area (Å²) < 4.78 is 20.1. The minimum atomic E-state index is -0.258. The van der Waals surface area contributed by atoms with E-state index in [2.05, 4.69) is 58.3 Å². The summed E-state index contributed by atoms with van der Waals surface area (Å²) in [6.07, 6.45) is 3.95. The van der Waals surface area contributed by atoms with Gasteiger partial charge in [0.25, 0.3) is 0 Å². The highest BCUT2D eigenvalue weighted by atomic mass is 79.9. The van der Waals surface area contributed by atoms with E-state index in [-0.39, 0.29) is 16.0 Å². The average Bonchev–Trinajstić information content (AvgIpc) is 3.20. The van der Waals surface area contributed by atoms with Crippen LogP contribution >= 0.6 is 27.9 Å². The third-order valence-electron chi connectivity index (χ3n) is 4.21. The second kappa shape index (κ2) is 6.36. The Morgan fingerprint density at radius 3 is 2.71 bits per heavy atom. The van der Waals surface area contributed by atoms with Gasteiger partial charge in [-0.05, 0) is 67.2 Å². The Balaban J connectivity index is 1.93. The Bertz CT molecular complexity index is 812. The zero-order valence-corrected chi connectivity index (χ0v) is 16.5. The molecule has 1 aromatic carbocycles. The highest BCUT2D eigenvalue weighted by Crippen LogP contribution is 2.47. The van der Waals surface area contributed by atoms with Crippen LogP contribution in [0.25, 0.3) is 10.9 Å². The van der Waals surface area contributed by atoms with Crippen molar-refractivity contribution < 1.29 is 4.39 Å². The summed E-state index contributed by atoms with van der Waals surface area (Å²) in [6, 6.07) is 5.84. The summed E-state index contributed by atoms with van der Waals surface area (Å²) in [6.45, 7) is 7.77. The molecular weight excluding hydrogens is 389 g/mol. The van der Waals surface area contributed by atoms with Crippen LogP contribution in [-0.4, -0.2) is 9.31 Å². The molecule has 1 aliphatic rings. The SMILES string of the molecule is CC(C)(C)SNCc1cn(CC2(C#N)CC2)c2cc(Br)c(F)cc12. The Kier molecular flexibility index (Phi) is 4.71. The molecule has 0 atom stereocenters. The van der Waals surface area contributed by atoms with Crippen LogP contribution < -0.4 is 4.72 Å². The lowest BCUT2D eigenvalue weighted by Crippen LogP contribution is -2.16. The maximum atomic E-state index is 14.0. The highest BCUT2D eigenvalue weighted by molar-refractivity contribution is 9.10. The summed E-state index contributed by atoms with van der Waals surface area (Å²) in [5.74, 6) is -0.258. The largest absolute Gasteiger partial charge is 0.346 e. The summed E-state index contributed by atoms with van der Waals surface area (Å²) in [4.78, 5) is 0. The van der Waals surface area contributed by atoms with E-state index in [1.165, 1.54) is 0 Å². The Morgan fingerprint density at radius 2 is 2.12 bits per heavy atom. The van der Waals surface area contributed by atoms with Gasteiger partial charge in [-0.25, -0.2) is 4.39 Å². The number of nitrogens with zero attached hydrogens (tertiary/aromatic N) is 2. The number of halogens is 2. The van der Waals surface area contributed by atoms with Crippen molar-refractivity contribution >= 4 is 38.8 Å². The van der Waals surface area contributed by atoms with Crippen LogP contribution in [-0.2, 0) is 13.1 Å². The number of rotatable bonds is 5. The monoisotopic (exact) mass is 409 g/mol. The minimum absolute atomic E-state index is 0.117. The number of fused-ring (bicyclic) bond motifs is 1. The van der Waals surface area contributed by atoms with Crippen molar-refractivity contribution in [1.82, 2.24) is 9.29 Å². The lowest BCUT2D eigenvalue weighted by molar-refractivity contribution is 0.540. The summed E-state index contributed by atoms with van der Waals surface area (Å²) in [5.41, 5.74) is 1.79. The van der Waals surface area contributed by atoms with Gasteiger partial charge in [-0.3, -0.25) is 4.72 Å². The van der Waals surface area contributed by atoms with E-state index in [0.717, 1.165) is 29.3 Å². The molecule has 1 aliphatic carbocycles. The van der Waals surface area contributed by atoms with Gasteiger partial charge in [-0.15, -0.1) is 0 Å². The molecule has 0 unspecified atom stereocenters. The van der Waals surface area contributed by atoms with Gasteiger partial charge < -0.3 is 4.57 Å². The molecule has 0 amide bonds. The van der Waals surface area contributed by atoms with Crippen molar-refractivity contribution in [3.05, 3.63) is 34.2 Å². The van der Waals surface area contributed by atoms with Crippen molar-refractivity contribution in [3.63, 3.8) is 0 Å². The van der Waals surface area contributed by atoms with Gasteiger partial charge >= 0.3 is 0 Å². The first-order valence-corrected chi connectivity index (χ1v) is 9.63. The van der Waals surface area contributed by atoms with Crippen molar-refractivity contribution in [1.29, 1.82) is 5.26 Å². The molecule has 24 heavy (non-hydrogen) atoms. The number of benzene rings is 1. The fourth-order valence-corrected chi connectivity index (χ4v) is 3.73. The summed E-state index contributed by atoms with van der Waals surface area (Å²) in [5, 5.41) is 10.3. The van der Waals surface area contributed by atoms with Crippen LogP contribution in [0.2, 0.25) is 0 Å². The van der Waals surface area contributed by atoms with Crippen LogP contribution in [0.1, 0.15) is 39.2 Å². The summed E-state index contributed by atoms with van der Waals surface area (Å²) >= 11 is 4.95. The normalized spacial score (nSPS) is 16.3. The molecule has 0 bridgehead atoms. The van der Waals surface area contributed by atoms with Gasteiger partial charge in [-0.1, -0.05) is 11.9 Å². The van der Waals surface area contributed by atoms with Crippen LogP contribution in [0.4, 0.5) is 4.39 Å². The van der Waals surface area contributed by atoms with E-state index < -0.39 is 0 Å². The lowest BCUT2D eigenvalue weighted by atomic mass is 10.1. The van der Waals surface area contributed by atoms with Crippen LogP contribution in [0.5, 0.6) is 0 Å². The Morgan fingerprint density at radius 1 is 1.42 bits per heavy atom. The number of aromatic nitrogens is 1. The lowest BCUT2D eigenvalue weighted by Gasteiger charge is -2.17. The molecule has 3 nitrogen and oxygen atoms in total. The molecule has 0 spiro atoms. The fraction of sp³-hybridized carbons (Fsp3) is 0.500. The molecule has 1 aromatic heterocycles. The van der Waals surface area contributed by atoms with E-state index in [1.807, 2.05) is 6.07 Å². The second-order valence-corrected chi connectivity index (χ2v) is 10.1. The van der Waals surface area contributed by atoms with Crippen LogP contribution in [0.15, 0.2) is 22.8 Å². The van der Waals surface area contributed by atoms with E-state index in [4.69, 9.17) is 0 Å². The molecule has 128 valence electrons. The van der Waals surface area contributed by atoms with Crippen molar-refractivity contribution in [2.24, 2.45) is 5.41 Å². The number of nitrogens with one attached hydrogen (secondary N) is 1. The molecular formula is C18H21BrFN3S. The van der Waals surface area contributed by atoms with E-state index in [9.17, 15) is 9.65 Å². The van der Waals surface area contributed by atoms with Gasteiger partial charge in [0.15, 0.2) is 0 Å². The summed E-state index contributed by atoms with van der Waals surface area (Å²) in [7, 11) is 0. The van der Waals surface area contributed by atoms with Crippen LogP contribution in [0.3, 0.4) is 0 Å². The molecule has 1 fully saturated rings. The Labute approximate surface area is 154 Å². The third kappa shape index (κ3) is 3.79. The smallest absolute Gasteiger partial charge is 0.138 e. The molecule has 3 rings (SSSR count). The zero-order valence-electron chi connectivity index (χ0n) is 14.1. The molecule has 0 radical (unpaired) electrons. The van der Waals surface area contributed by atoms with Gasteiger partial charge in [0.1, 0.15) is 5.82 Å². The highest BCUT2D eigenvalue weighted by Gasteiger charge is 2.43. The maximum Gasteiger partial charge on any atom is 0.138 e. The fourth-order valence-electron chi connectivity index (χ4n) is 2.74. The maximum absolute atomic E-state index is 14.0. The van der Waals surface area contributed by atoms with E-state index >= 15 is 0 Å². The molecule has 6 heteroatoms. The molecule has 1 heterocycles. The van der Waals surface area contributed by atoms with Crippen molar-refractivity contribution in [2.75, 3.05) is 0 Å². The molecule has 0 saturated heterocycles. The quantitative estimate of drug-likeness (QED) is 0.673. The van der Waals surface area contributed by atoms with E-state index in [0.29, 0.717) is 17.6 Å². The van der Waals surface area contributed by atoms with Gasteiger partial charge in [0.2, 0.25) is 0 Å². The third-order valence-corrected chi connectivity index (χ3v) is 5.72. The van der Waals surface area contributed by atoms with E-state index in [1.54, 1.807) is 18.0 Å². The minimum Gasteiger partial charge on any atom is -0.346 e. The van der Waals surface area contributed by atoms with Gasteiger partial charge in [0, 0.05) is 34.9 Å². The van der Waals surface area contributed by atoms with Crippen LogP contribution in [0, 0.1) is 22.6 Å². The first kappa shape index (κ1) is 17.8. The average molecular weight is 410 g/mol. The molecule has 1 N–H and O–H groups in total. The van der Waals surface area contributed by atoms with Gasteiger partial charge in [-0.2, -0.15) is 5.26 Å². The predicted molar refractivity (Wildman–Crippen MR) is 101 cm³/mol. The first-order valence-electron chi connectivity index (χ1n) is 8.02. The number of nitriles is 1.